The molecule has 0 atom stereocenters. The van der Waals surface area contributed by atoms with Crippen LogP contribution in [0.25, 0.3) is 0 Å². The molecule has 0 saturated carbocycles. The minimum absolute atomic E-state index is 0.0394. The highest BCUT2D eigenvalue weighted by Gasteiger charge is 2.03. The van der Waals surface area contributed by atoms with Crippen molar-refractivity contribution in [1.29, 1.82) is 0 Å². The Hall–Kier alpha value is -1.91. The number of aromatic hydroxyl groups is 1. The van der Waals surface area contributed by atoms with Gasteiger partial charge in [-0.3, -0.25) is 4.68 Å². The fourth-order valence-corrected chi connectivity index (χ4v) is 1.26. The van der Waals surface area contributed by atoms with Gasteiger partial charge in [-0.1, -0.05) is 6.07 Å². The van der Waals surface area contributed by atoms with E-state index in [2.05, 4.69) is 5.10 Å². The first-order valence-corrected chi connectivity index (χ1v) is 4.30. The largest absolute Gasteiger partial charge is 0.505 e. The Kier molecular flexibility index (Phi) is 2.37. The smallest absolute Gasteiger partial charge is 0.159 e. The molecule has 3 nitrogen and oxygen atoms in total. The van der Waals surface area contributed by atoms with Gasteiger partial charge in [0.15, 0.2) is 17.4 Å². The van der Waals surface area contributed by atoms with Crippen molar-refractivity contribution in [2.45, 2.75) is 6.54 Å². The lowest BCUT2D eigenvalue weighted by Gasteiger charge is -2.01. The van der Waals surface area contributed by atoms with Crippen molar-refractivity contribution in [3.8, 4) is 5.75 Å². The van der Waals surface area contributed by atoms with E-state index in [1.165, 1.54) is 23.1 Å². The summed E-state index contributed by atoms with van der Waals surface area (Å²) in [5, 5.41) is 12.8. The predicted octanol–water partition coefficient (Wildman–Crippen LogP) is 1.92. The molecule has 1 aromatic heterocycles. The SMILES string of the molecule is Oc1cnn(Cc2ccc(F)c(F)c2)c1. The lowest BCUT2D eigenvalue weighted by Crippen LogP contribution is -2.00. The molecule has 0 amide bonds. The third-order valence-corrected chi connectivity index (χ3v) is 1.95. The minimum Gasteiger partial charge on any atom is -0.505 e. The molecule has 1 N–H and O–H groups in total. The van der Waals surface area contributed by atoms with Crippen molar-refractivity contribution in [2.24, 2.45) is 0 Å². The van der Waals surface area contributed by atoms with Crippen LogP contribution in [0, 0.1) is 11.6 Å². The van der Waals surface area contributed by atoms with Crippen LogP contribution in [-0.4, -0.2) is 14.9 Å². The van der Waals surface area contributed by atoms with Crippen LogP contribution in [0.4, 0.5) is 8.78 Å². The Balaban J connectivity index is 2.21. The number of halogens is 2. The minimum atomic E-state index is -0.885. The van der Waals surface area contributed by atoms with E-state index in [0.717, 1.165) is 12.1 Å². The monoisotopic (exact) mass is 210 g/mol. The maximum atomic E-state index is 12.8. The summed E-state index contributed by atoms with van der Waals surface area (Å²) in [4.78, 5) is 0. The molecular weight excluding hydrogens is 202 g/mol. The van der Waals surface area contributed by atoms with Crippen LogP contribution in [0.1, 0.15) is 5.56 Å². The van der Waals surface area contributed by atoms with Crippen molar-refractivity contribution in [2.75, 3.05) is 0 Å². The molecule has 1 aromatic carbocycles. The predicted molar refractivity (Wildman–Crippen MR) is 49.4 cm³/mol. The molecule has 1 heterocycles. The molecule has 0 aliphatic carbocycles. The second kappa shape index (κ2) is 3.68. The lowest BCUT2D eigenvalue weighted by atomic mass is 10.2. The van der Waals surface area contributed by atoms with E-state index in [1.807, 2.05) is 0 Å². The average molecular weight is 210 g/mol. The molecular formula is C10H8F2N2O. The number of rotatable bonds is 2. The van der Waals surface area contributed by atoms with Gasteiger partial charge in [0, 0.05) is 0 Å². The molecule has 0 saturated heterocycles. The van der Waals surface area contributed by atoms with Gasteiger partial charge in [-0.15, -0.1) is 0 Å². The zero-order valence-corrected chi connectivity index (χ0v) is 7.69. The zero-order valence-electron chi connectivity index (χ0n) is 7.69. The molecule has 0 aliphatic rings. The Bertz CT molecular complexity index is 482. The van der Waals surface area contributed by atoms with Gasteiger partial charge in [-0.2, -0.15) is 5.10 Å². The van der Waals surface area contributed by atoms with Crippen molar-refractivity contribution < 1.29 is 13.9 Å². The third kappa shape index (κ3) is 2.12. The van der Waals surface area contributed by atoms with Crippen LogP contribution < -0.4 is 0 Å². The van der Waals surface area contributed by atoms with E-state index in [1.54, 1.807) is 0 Å². The van der Waals surface area contributed by atoms with Gasteiger partial charge >= 0.3 is 0 Å². The van der Waals surface area contributed by atoms with Gasteiger partial charge in [-0.05, 0) is 17.7 Å². The average Bonchev–Trinajstić information content (AvgIpc) is 2.58. The van der Waals surface area contributed by atoms with Crippen LogP contribution in [0.3, 0.4) is 0 Å². The fraction of sp³-hybridized carbons (Fsp3) is 0.100. The van der Waals surface area contributed by atoms with Crippen LogP contribution >= 0.6 is 0 Å². The van der Waals surface area contributed by atoms with Crippen LogP contribution in [0.2, 0.25) is 0 Å². The van der Waals surface area contributed by atoms with Crippen LogP contribution in [-0.2, 0) is 6.54 Å². The Morgan fingerprint density at radius 1 is 1.27 bits per heavy atom. The molecule has 2 aromatic rings. The summed E-state index contributed by atoms with van der Waals surface area (Å²) in [5.41, 5.74) is 0.581. The number of aromatic nitrogens is 2. The maximum Gasteiger partial charge on any atom is 0.159 e. The topological polar surface area (TPSA) is 38.1 Å². The second-order valence-corrected chi connectivity index (χ2v) is 3.14. The zero-order chi connectivity index (χ0) is 10.8. The van der Waals surface area contributed by atoms with Gasteiger partial charge in [-0.25, -0.2) is 8.78 Å². The molecule has 0 fully saturated rings. The summed E-state index contributed by atoms with van der Waals surface area (Å²) in [6, 6.07) is 3.64. The Morgan fingerprint density at radius 2 is 2.07 bits per heavy atom. The molecule has 5 heteroatoms. The molecule has 0 aliphatic heterocycles. The Labute approximate surface area is 84.6 Å². The molecule has 0 unspecified atom stereocenters. The molecule has 0 bridgehead atoms. The second-order valence-electron chi connectivity index (χ2n) is 3.14. The van der Waals surface area contributed by atoms with Gasteiger partial charge in [0.05, 0.1) is 18.9 Å². The van der Waals surface area contributed by atoms with E-state index >= 15 is 0 Å². The first-order chi connectivity index (χ1) is 7.15. The normalized spacial score (nSPS) is 10.5. The van der Waals surface area contributed by atoms with Crippen molar-refractivity contribution in [3.63, 3.8) is 0 Å². The summed E-state index contributed by atoms with van der Waals surface area (Å²) in [7, 11) is 0. The molecule has 15 heavy (non-hydrogen) atoms. The molecule has 2 rings (SSSR count). The summed E-state index contributed by atoms with van der Waals surface area (Å²) in [6.07, 6.45) is 2.68. The van der Waals surface area contributed by atoms with Gasteiger partial charge < -0.3 is 5.11 Å². The summed E-state index contributed by atoms with van der Waals surface area (Å²) < 4.78 is 26.9. The van der Waals surface area contributed by atoms with E-state index < -0.39 is 11.6 Å². The van der Waals surface area contributed by atoms with Gasteiger partial charge in [0.2, 0.25) is 0 Å². The molecule has 0 radical (unpaired) electrons. The third-order valence-electron chi connectivity index (χ3n) is 1.95. The van der Waals surface area contributed by atoms with Gasteiger partial charge in [0.25, 0.3) is 0 Å². The summed E-state index contributed by atoms with van der Waals surface area (Å²) in [5.74, 6) is -1.72. The Morgan fingerprint density at radius 3 is 2.67 bits per heavy atom. The number of nitrogens with zero attached hydrogens (tertiary/aromatic N) is 2. The highest BCUT2D eigenvalue weighted by atomic mass is 19.2. The number of benzene rings is 1. The van der Waals surface area contributed by atoms with E-state index in [-0.39, 0.29) is 12.3 Å². The summed E-state index contributed by atoms with van der Waals surface area (Å²) in [6.45, 7) is 0.289. The van der Waals surface area contributed by atoms with Crippen LogP contribution in [0.15, 0.2) is 30.6 Å². The fourth-order valence-electron chi connectivity index (χ4n) is 1.26. The summed E-state index contributed by atoms with van der Waals surface area (Å²) >= 11 is 0. The van der Waals surface area contributed by atoms with E-state index in [0.29, 0.717) is 5.56 Å². The van der Waals surface area contributed by atoms with E-state index in [9.17, 15) is 8.78 Å². The van der Waals surface area contributed by atoms with Crippen molar-refractivity contribution >= 4 is 0 Å². The van der Waals surface area contributed by atoms with E-state index in [4.69, 9.17) is 5.11 Å². The number of hydrogen-bond acceptors (Lipinski definition) is 2. The standard InChI is InChI=1S/C10H8F2N2O/c11-9-2-1-7(3-10(9)12)5-14-6-8(15)4-13-14/h1-4,6,15H,5H2. The molecule has 0 spiro atoms. The first kappa shape index (κ1) is 9.64. The lowest BCUT2D eigenvalue weighted by molar-refractivity contribution is 0.474. The highest BCUT2D eigenvalue weighted by Crippen LogP contribution is 2.11. The van der Waals surface area contributed by atoms with Crippen molar-refractivity contribution in [3.05, 3.63) is 47.8 Å². The maximum absolute atomic E-state index is 12.8. The quantitative estimate of drug-likeness (QED) is 0.822. The van der Waals surface area contributed by atoms with Crippen LogP contribution in [0.5, 0.6) is 5.75 Å². The molecule has 78 valence electrons. The highest BCUT2D eigenvalue weighted by molar-refractivity contribution is 5.19. The van der Waals surface area contributed by atoms with Gasteiger partial charge in [0.1, 0.15) is 0 Å². The number of hydrogen-bond donors (Lipinski definition) is 1. The van der Waals surface area contributed by atoms with Crippen molar-refractivity contribution in [1.82, 2.24) is 9.78 Å². The first-order valence-electron chi connectivity index (χ1n) is 4.30.